The number of rotatable bonds is 1. The number of thiophene rings is 1. The number of carboxylic acids is 1. The molecule has 1 aromatic rings. The molecule has 0 spiro atoms. The average molecular weight is 171 g/mol. The van der Waals surface area contributed by atoms with E-state index in [-0.39, 0.29) is 0 Å². The van der Waals surface area contributed by atoms with Gasteiger partial charge in [0, 0.05) is 0 Å². The van der Waals surface area contributed by atoms with Crippen molar-refractivity contribution < 1.29 is 9.90 Å². The molecule has 0 fully saturated rings. The summed E-state index contributed by atoms with van der Waals surface area (Å²) in [6.45, 7) is 0. The summed E-state index contributed by atoms with van der Waals surface area (Å²) in [5.41, 5.74) is 12.2. The number of hydrogen-bond acceptors (Lipinski definition) is 3. The zero-order valence-electron chi connectivity index (χ0n) is 5.39. The Labute approximate surface area is 66.3 Å². The van der Waals surface area contributed by atoms with E-state index in [0.29, 0.717) is 4.88 Å². The highest BCUT2D eigenvalue weighted by atomic mass is 32.1. The van der Waals surface area contributed by atoms with Crippen molar-refractivity contribution in [3.8, 4) is 0 Å². The lowest BCUT2D eigenvalue weighted by Crippen LogP contribution is -1.89. The third-order valence-electron chi connectivity index (χ3n) is 0.732. The number of carboxylic acid groups (broad SMARTS) is 1. The van der Waals surface area contributed by atoms with Gasteiger partial charge in [-0.1, -0.05) is 6.07 Å². The fourth-order valence-corrected chi connectivity index (χ4v) is 0.962. The molecule has 0 unspecified atom stereocenters. The third-order valence-corrected chi connectivity index (χ3v) is 1.59. The first-order chi connectivity index (χ1) is 5.22. The van der Waals surface area contributed by atoms with Gasteiger partial charge in [-0.2, -0.15) is 0 Å². The van der Waals surface area contributed by atoms with Gasteiger partial charge in [0.25, 0.3) is 0 Å². The molecule has 1 heterocycles. The highest BCUT2D eigenvalue weighted by molar-refractivity contribution is 7.11. The summed E-state index contributed by atoms with van der Waals surface area (Å²) in [7, 11) is 0. The second-order valence-corrected chi connectivity index (χ2v) is 2.33. The van der Waals surface area contributed by atoms with Crippen LogP contribution in [0.5, 0.6) is 0 Å². The van der Waals surface area contributed by atoms with Crippen LogP contribution in [-0.4, -0.2) is 11.1 Å². The predicted octanol–water partition coefficient (Wildman–Crippen LogP) is 2.32. The van der Waals surface area contributed by atoms with Crippen molar-refractivity contribution in [3.05, 3.63) is 32.8 Å². The number of carbonyl (C=O) groups is 1. The van der Waals surface area contributed by atoms with E-state index in [1.807, 2.05) is 0 Å². The van der Waals surface area contributed by atoms with Crippen LogP contribution in [0.1, 0.15) is 9.67 Å². The molecule has 11 heavy (non-hydrogen) atoms. The van der Waals surface area contributed by atoms with Crippen molar-refractivity contribution in [2.24, 2.45) is 0 Å². The summed E-state index contributed by atoms with van der Waals surface area (Å²) in [5.74, 6) is -0.847. The number of hydrogen-bond donors (Lipinski definition) is 2. The highest BCUT2D eigenvalue weighted by Crippen LogP contribution is 2.06. The van der Waals surface area contributed by atoms with Gasteiger partial charge in [0.1, 0.15) is 4.88 Å². The van der Waals surface area contributed by atoms with Crippen LogP contribution in [0.4, 0.5) is 0 Å². The average Bonchev–Trinajstić information content (AvgIpc) is 2.38. The summed E-state index contributed by atoms with van der Waals surface area (Å²) in [6.07, 6.45) is 0. The van der Waals surface area contributed by atoms with Gasteiger partial charge in [-0.15, -0.1) is 16.9 Å². The number of nitrogens with one attached hydrogen (secondary N) is 1. The zero-order valence-corrected chi connectivity index (χ0v) is 6.21. The maximum Gasteiger partial charge on any atom is 0.345 e. The van der Waals surface area contributed by atoms with Gasteiger partial charge in [0.05, 0.1) is 0 Å². The first kappa shape index (κ1) is 9.48. The highest BCUT2D eigenvalue weighted by Gasteiger charge is 1.99. The fourth-order valence-electron chi connectivity index (χ4n) is 0.400. The molecule has 0 bridgehead atoms. The van der Waals surface area contributed by atoms with Crippen LogP contribution < -0.4 is 0 Å². The Morgan fingerprint density at radius 1 is 1.82 bits per heavy atom. The molecule has 0 saturated heterocycles. The molecule has 0 saturated carbocycles. The lowest BCUT2D eigenvalue weighted by atomic mass is 10.5. The SMILES string of the molecule is O=C(O)c1cccs1.[N-]=[N+]=N. The van der Waals surface area contributed by atoms with Crippen LogP contribution in [0, 0.1) is 5.53 Å². The van der Waals surface area contributed by atoms with Gasteiger partial charge in [-0.3, -0.25) is 0 Å². The maximum atomic E-state index is 10.1. The second kappa shape index (κ2) is 5.28. The first-order valence-corrected chi connectivity index (χ1v) is 3.38. The Morgan fingerprint density at radius 3 is 2.55 bits per heavy atom. The first-order valence-electron chi connectivity index (χ1n) is 2.50. The molecule has 0 aromatic carbocycles. The van der Waals surface area contributed by atoms with Crippen molar-refractivity contribution in [1.82, 2.24) is 0 Å². The second-order valence-electron chi connectivity index (χ2n) is 1.38. The maximum absolute atomic E-state index is 10.1. The molecule has 0 atom stereocenters. The van der Waals surface area contributed by atoms with Crippen LogP contribution in [0.15, 0.2) is 17.5 Å². The molecular weight excluding hydrogens is 166 g/mol. The van der Waals surface area contributed by atoms with E-state index in [0.717, 1.165) is 0 Å². The minimum absolute atomic E-state index is 0.394. The van der Waals surface area contributed by atoms with Gasteiger partial charge in [0.15, 0.2) is 0 Å². The minimum atomic E-state index is -0.847. The van der Waals surface area contributed by atoms with Crippen molar-refractivity contribution in [1.29, 1.82) is 5.53 Å². The van der Waals surface area contributed by atoms with E-state index in [2.05, 4.69) is 0 Å². The molecule has 0 aliphatic heterocycles. The molecule has 2 N–H and O–H groups in total. The van der Waals surface area contributed by atoms with E-state index in [1.165, 1.54) is 11.3 Å². The van der Waals surface area contributed by atoms with Crippen LogP contribution in [-0.2, 0) is 0 Å². The van der Waals surface area contributed by atoms with E-state index in [4.69, 9.17) is 16.2 Å². The molecule has 1 aromatic heterocycles. The fraction of sp³-hybridized carbons (Fsp3) is 0. The van der Waals surface area contributed by atoms with Crippen LogP contribution in [0.3, 0.4) is 0 Å². The smallest absolute Gasteiger partial charge is 0.345 e. The normalized spacial score (nSPS) is 7.27. The lowest BCUT2D eigenvalue weighted by Gasteiger charge is -1.78. The standard InChI is InChI=1S/C5H4O2S.HN3/c6-5(7)4-2-1-3-8-4;1-3-2/h1-3H,(H,6,7);1H. The van der Waals surface area contributed by atoms with Crippen LogP contribution in [0.25, 0.3) is 10.4 Å². The Balaban J connectivity index is 0.000000292. The summed E-state index contributed by atoms with van der Waals surface area (Å²) < 4.78 is 0. The topological polar surface area (TPSA) is 97.5 Å². The lowest BCUT2D eigenvalue weighted by molar-refractivity contribution is 0.0702. The Hall–Kier alpha value is -1.52. The largest absolute Gasteiger partial charge is 0.477 e. The monoisotopic (exact) mass is 171 g/mol. The molecule has 58 valence electrons. The minimum Gasteiger partial charge on any atom is -0.477 e. The molecule has 0 amide bonds. The van der Waals surface area contributed by atoms with Gasteiger partial charge in [-0.05, 0) is 21.9 Å². The van der Waals surface area contributed by atoms with Gasteiger partial charge in [-0.25, -0.2) is 4.79 Å². The van der Waals surface area contributed by atoms with Crippen LogP contribution in [0.2, 0.25) is 0 Å². The summed E-state index contributed by atoms with van der Waals surface area (Å²) >= 11 is 1.23. The van der Waals surface area contributed by atoms with E-state index in [1.54, 1.807) is 22.4 Å². The Morgan fingerprint density at radius 2 is 2.36 bits per heavy atom. The van der Waals surface area contributed by atoms with Gasteiger partial charge in [0.2, 0.25) is 0 Å². The Bertz CT molecular complexity index is 251. The van der Waals surface area contributed by atoms with Crippen molar-refractivity contribution in [2.75, 3.05) is 0 Å². The van der Waals surface area contributed by atoms with E-state index >= 15 is 0 Å². The van der Waals surface area contributed by atoms with E-state index in [9.17, 15) is 4.79 Å². The number of aromatic carboxylic acids is 1. The van der Waals surface area contributed by atoms with Gasteiger partial charge >= 0.3 is 5.97 Å². The van der Waals surface area contributed by atoms with Crippen molar-refractivity contribution in [2.45, 2.75) is 0 Å². The summed E-state index contributed by atoms with van der Waals surface area (Å²) in [5, 5.41) is 10.0. The van der Waals surface area contributed by atoms with E-state index < -0.39 is 5.97 Å². The molecule has 5 nitrogen and oxygen atoms in total. The third kappa shape index (κ3) is 3.96. The van der Waals surface area contributed by atoms with Gasteiger partial charge < -0.3 is 5.11 Å². The molecular formula is C5H5N3O2S. The molecule has 6 heteroatoms. The summed E-state index contributed by atoms with van der Waals surface area (Å²) in [6, 6.07) is 3.29. The number of nitrogens with zero attached hydrogens (tertiary/aromatic N) is 2. The quantitative estimate of drug-likeness (QED) is 0.385. The summed E-state index contributed by atoms with van der Waals surface area (Å²) in [4.78, 5) is 12.2. The zero-order chi connectivity index (χ0) is 8.69. The van der Waals surface area contributed by atoms with Crippen molar-refractivity contribution >= 4 is 17.3 Å². The predicted molar refractivity (Wildman–Crippen MR) is 40.7 cm³/mol. The molecule has 0 radical (unpaired) electrons. The molecule has 0 aliphatic carbocycles. The van der Waals surface area contributed by atoms with Crippen LogP contribution >= 0.6 is 11.3 Å². The Kier molecular flexibility index (Phi) is 4.55. The molecule has 0 aliphatic rings. The molecule has 1 rings (SSSR count). The van der Waals surface area contributed by atoms with Crippen molar-refractivity contribution in [3.63, 3.8) is 0 Å².